The summed E-state index contributed by atoms with van der Waals surface area (Å²) >= 11 is 0. The molecule has 0 N–H and O–H groups in total. The van der Waals surface area contributed by atoms with Gasteiger partial charge in [0.1, 0.15) is 4.90 Å². The van der Waals surface area contributed by atoms with Crippen molar-refractivity contribution in [3.63, 3.8) is 0 Å². The monoisotopic (exact) mass is 252 g/mol. The number of nitriles is 1. The minimum absolute atomic E-state index is 0.134. The Bertz CT molecular complexity index is 482. The van der Waals surface area contributed by atoms with E-state index in [0.717, 1.165) is 0 Å². The largest absolute Gasteiger partial charge is 0.285 e. The van der Waals surface area contributed by atoms with E-state index in [4.69, 9.17) is 5.26 Å². The molecule has 0 aliphatic rings. The van der Waals surface area contributed by atoms with E-state index in [1.54, 1.807) is 6.07 Å². The maximum atomic E-state index is 12.1. The molecule has 0 bridgehead atoms. The molecule has 2 atom stereocenters. The molecule has 1 rings (SSSR count). The van der Waals surface area contributed by atoms with Crippen molar-refractivity contribution in [3.8, 4) is 6.07 Å². The van der Waals surface area contributed by atoms with Crippen molar-refractivity contribution < 1.29 is 9.13 Å². The van der Waals surface area contributed by atoms with Crippen molar-refractivity contribution in [2.45, 2.75) is 29.9 Å². The molecule has 0 aliphatic carbocycles. The first kappa shape index (κ1) is 13.3. The van der Waals surface area contributed by atoms with E-state index in [-0.39, 0.29) is 22.3 Å². The summed E-state index contributed by atoms with van der Waals surface area (Å²) in [6, 6.07) is 7.90. The Labute approximate surface area is 102 Å². The van der Waals surface area contributed by atoms with Gasteiger partial charge >= 0.3 is 0 Å². The lowest BCUT2D eigenvalue weighted by atomic mass is 10.3. The van der Waals surface area contributed by atoms with Crippen LogP contribution in [0, 0.1) is 21.4 Å². The van der Waals surface area contributed by atoms with E-state index in [0.29, 0.717) is 6.42 Å². The van der Waals surface area contributed by atoms with Crippen LogP contribution < -0.4 is 0 Å². The molecule has 0 aliphatic heterocycles. The summed E-state index contributed by atoms with van der Waals surface area (Å²) in [5.41, 5.74) is -0.151. The third-order valence-corrected chi connectivity index (χ3v) is 4.24. The van der Waals surface area contributed by atoms with E-state index in [2.05, 4.69) is 0 Å². The van der Waals surface area contributed by atoms with E-state index >= 15 is 0 Å². The lowest BCUT2D eigenvalue weighted by Gasteiger charge is -2.10. The first-order valence-electron chi connectivity index (χ1n) is 5.12. The summed E-state index contributed by atoms with van der Waals surface area (Å²) in [5, 5.41) is 19.1. The number of nitro benzene ring substituents is 1. The number of hydrogen-bond acceptors (Lipinski definition) is 4. The summed E-state index contributed by atoms with van der Waals surface area (Å²) < 4.78 is 12.1. The van der Waals surface area contributed by atoms with Crippen LogP contribution in [0.4, 0.5) is 5.69 Å². The number of nitro groups is 1. The Morgan fingerprint density at radius 2 is 2.18 bits per heavy atom. The van der Waals surface area contributed by atoms with Crippen LogP contribution in [0.2, 0.25) is 0 Å². The second kappa shape index (κ2) is 6.11. The molecule has 17 heavy (non-hydrogen) atoms. The number of rotatable bonds is 5. The van der Waals surface area contributed by atoms with Crippen LogP contribution in [-0.2, 0) is 10.8 Å². The molecule has 1 aromatic rings. The quantitative estimate of drug-likeness (QED) is 0.595. The predicted octanol–water partition coefficient (Wildman–Crippen LogP) is 2.39. The van der Waals surface area contributed by atoms with Gasteiger partial charge in [-0.15, -0.1) is 0 Å². The number of para-hydroxylation sites is 1. The van der Waals surface area contributed by atoms with Crippen molar-refractivity contribution in [3.05, 3.63) is 34.4 Å². The van der Waals surface area contributed by atoms with Crippen LogP contribution in [0.3, 0.4) is 0 Å². The highest BCUT2D eigenvalue weighted by molar-refractivity contribution is 7.85. The molecule has 1 aromatic carbocycles. The van der Waals surface area contributed by atoms with E-state index in [1.165, 1.54) is 18.2 Å². The maximum Gasteiger partial charge on any atom is 0.285 e. The molecule has 0 fully saturated rings. The molecule has 5 nitrogen and oxygen atoms in total. The fourth-order valence-corrected chi connectivity index (χ4v) is 2.88. The van der Waals surface area contributed by atoms with Gasteiger partial charge in [-0.05, 0) is 12.5 Å². The van der Waals surface area contributed by atoms with Gasteiger partial charge in [0.05, 0.1) is 27.0 Å². The Kier molecular flexibility index (Phi) is 4.79. The first-order valence-corrected chi connectivity index (χ1v) is 6.34. The minimum Gasteiger partial charge on any atom is -0.258 e. The summed E-state index contributed by atoms with van der Waals surface area (Å²) in [4.78, 5) is 10.4. The standard InChI is InChI=1S/C11H12N2O3S/c1-2-9(7-8-12)17(16)11-6-4-3-5-10(11)13(14)15/h3-6,9H,2,7H2,1H3. The zero-order valence-electron chi connectivity index (χ0n) is 9.33. The van der Waals surface area contributed by atoms with Crippen LogP contribution in [0.15, 0.2) is 29.2 Å². The number of benzene rings is 1. The third kappa shape index (κ3) is 3.11. The third-order valence-electron chi connectivity index (χ3n) is 2.36. The van der Waals surface area contributed by atoms with Gasteiger partial charge in [0.25, 0.3) is 5.69 Å². The number of nitrogens with zero attached hydrogens (tertiary/aromatic N) is 2. The highest BCUT2D eigenvalue weighted by atomic mass is 32.2. The van der Waals surface area contributed by atoms with Gasteiger partial charge in [0, 0.05) is 12.5 Å². The summed E-state index contributed by atoms with van der Waals surface area (Å²) in [6.07, 6.45) is 0.682. The van der Waals surface area contributed by atoms with Gasteiger partial charge in [-0.3, -0.25) is 14.3 Å². The van der Waals surface area contributed by atoms with Crippen LogP contribution in [0.5, 0.6) is 0 Å². The van der Waals surface area contributed by atoms with Crippen LogP contribution in [0.1, 0.15) is 19.8 Å². The molecule has 2 unspecified atom stereocenters. The molecular weight excluding hydrogens is 240 g/mol. The molecule has 0 radical (unpaired) electrons. The Morgan fingerprint density at radius 3 is 2.71 bits per heavy atom. The predicted molar refractivity (Wildman–Crippen MR) is 63.8 cm³/mol. The maximum absolute atomic E-state index is 12.1. The average molecular weight is 252 g/mol. The topological polar surface area (TPSA) is 84.0 Å². The van der Waals surface area contributed by atoms with Gasteiger partial charge in [-0.2, -0.15) is 5.26 Å². The van der Waals surface area contributed by atoms with Gasteiger partial charge in [0.15, 0.2) is 0 Å². The highest BCUT2D eigenvalue weighted by Gasteiger charge is 2.23. The summed E-state index contributed by atoms with van der Waals surface area (Å²) in [7, 11) is -1.52. The molecular formula is C11H12N2O3S. The van der Waals surface area contributed by atoms with Gasteiger partial charge in [-0.25, -0.2) is 0 Å². The van der Waals surface area contributed by atoms with Crippen LogP contribution in [0.25, 0.3) is 0 Å². The Morgan fingerprint density at radius 1 is 1.53 bits per heavy atom. The average Bonchev–Trinajstić information content (AvgIpc) is 2.35. The molecule has 90 valence electrons. The van der Waals surface area contributed by atoms with Gasteiger partial charge in [0.2, 0.25) is 0 Å². The van der Waals surface area contributed by atoms with Crippen molar-refractivity contribution in [2.75, 3.05) is 0 Å². The Hall–Kier alpha value is -1.74. The highest BCUT2D eigenvalue weighted by Crippen LogP contribution is 2.25. The SMILES string of the molecule is CCC(CC#N)S(=O)c1ccccc1[N+](=O)[O-]. The lowest BCUT2D eigenvalue weighted by Crippen LogP contribution is -2.14. The van der Waals surface area contributed by atoms with Crippen molar-refractivity contribution >= 4 is 16.5 Å². The van der Waals surface area contributed by atoms with Crippen molar-refractivity contribution in [2.24, 2.45) is 0 Å². The van der Waals surface area contributed by atoms with Crippen LogP contribution in [-0.4, -0.2) is 14.4 Å². The first-order chi connectivity index (χ1) is 8.11. The van der Waals surface area contributed by atoms with E-state index < -0.39 is 15.7 Å². The molecule has 6 heteroatoms. The molecule has 0 heterocycles. The smallest absolute Gasteiger partial charge is 0.258 e. The normalized spacial score (nSPS) is 13.6. The van der Waals surface area contributed by atoms with Gasteiger partial charge < -0.3 is 0 Å². The summed E-state index contributed by atoms with van der Waals surface area (Å²) in [6.45, 7) is 1.81. The van der Waals surface area contributed by atoms with Crippen molar-refractivity contribution in [1.29, 1.82) is 5.26 Å². The molecule has 0 saturated carbocycles. The molecule has 0 aromatic heterocycles. The molecule has 0 saturated heterocycles. The minimum atomic E-state index is -1.52. The van der Waals surface area contributed by atoms with Crippen molar-refractivity contribution in [1.82, 2.24) is 0 Å². The molecule has 0 spiro atoms. The zero-order valence-corrected chi connectivity index (χ0v) is 10.1. The lowest BCUT2D eigenvalue weighted by molar-refractivity contribution is -0.387. The van der Waals surface area contributed by atoms with Gasteiger partial charge in [-0.1, -0.05) is 19.1 Å². The van der Waals surface area contributed by atoms with E-state index in [9.17, 15) is 14.3 Å². The van der Waals surface area contributed by atoms with Crippen LogP contribution >= 0.6 is 0 Å². The molecule has 0 amide bonds. The second-order valence-corrected chi connectivity index (χ2v) is 5.12. The zero-order chi connectivity index (χ0) is 12.8. The Balaban J connectivity index is 3.12. The summed E-state index contributed by atoms with van der Waals surface area (Å²) in [5.74, 6) is 0. The van der Waals surface area contributed by atoms with E-state index in [1.807, 2.05) is 13.0 Å². The fraction of sp³-hybridized carbons (Fsp3) is 0.364. The number of hydrogen-bond donors (Lipinski definition) is 0. The second-order valence-electron chi connectivity index (χ2n) is 3.41. The fourth-order valence-electron chi connectivity index (χ4n) is 1.43.